The lowest BCUT2D eigenvalue weighted by molar-refractivity contribution is -0.120. The molecule has 2 aliphatic rings. The number of piperazine rings is 1. The lowest BCUT2D eigenvalue weighted by atomic mass is 10.1. The third kappa shape index (κ3) is 4.46. The smallest absolute Gasteiger partial charge is 0.244 e. The second-order valence-electron chi connectivity index (χ2n) is 7.75. The van der Waals surface area contributed by atoms with Gasteiger partial charge in [-0.25, -0.2) is 8.42 Å². The van der Waals surface area contributed by atoms with Gasteiger partial charge in [0.25, 0.3) is 0 Å². The van der Waals surface area contributed by atoms with Crippen LogP contribution < -0.4 is 10.2 Å². The van der Waals surface area contributed by atoms with Crippen LogP contribution in [0.5, 0.6) is 0 Å². The molecule has 1 N–H and O–H groups in total. The number of nitrogens with zero attached hydrogens (tertiary/aromatic N) is 4. The number of anilines is 2. The Morgan fingerprint density at radius 2 is 1.87 bits per heavy atom. The SMILES string of the molecule is CC1CC(=O)Nc2ccccc2N1C(=O)CN1CCN(S(=O)(=O)c2cccnc2)CC1. The molecule has 1 aromatic heterocycles. The van der Waals surface area contributed by atoms with E-state index in [1.807, 2.05) is 30.0 Å². The summed E-state index contributed by atoms with van der Waals surface area (Å²) in [5.41, 5.74) is 1.31. The summed E-state index contributed by atoms with van der Waals surface area (Å²) >= 11 is 0. The average molecular weight is 444 g/mol. The Bertz CT molecular complexity index is 1070. The number of sulfonamides is 1. The lowest BCUT2D eigenvalue weighted by Gasteiger charge is -2.35. The maximum absolute atomic E-state index is 13.2. The van der Waals surface area contributed by atoms with Gasteiger partial charge in [0.2, 0.25) is 21.8 Å². The summed E-state index contributed by atoms with van der Waals surface area (Å²) in [5.74, 6) is -0.232. The summed E-state index contributed by atoms with van der Waals surface area (Å²) < 4.78 is 27.0. The number of hydrogen-bond donors (Lipinski definition) is 1. The first kappa shape index (κ1) is 21.4. The number of aromatic nitrogens is 1. The number of carbonyl (C=O) groups excluding carboxylic acids is 2. The van der Waals surface area contributed by atoms with Crippen LogP contribution in [0.15, 0.2) is 53.7 Å². The van der Waals surface area contributed by atoms with Gasteiger partial charge in [0, 0.05) is 51.0 Å². The zero-order valence-corrected chi connectivity index (χ0v) is 18.1. The van der Waals surface area contributed by atoms with Crippen LogP contribution >= 0.6 is 0 Å². The minimum Gasteiger partial charge on any atom is -0.324 e. The molecule has 31 heavy (non-hydrogen) atoms. The standard InChI is InChI=1S/C21H25N5O4S/c1-16-13-20(27)23-18-6-2-3-7-19(18)26(16)21(28)15-24-9-11-25(12-10-24)31(29,30)17-5-4-8-22-14-17/h2-8,14,16H,9-13,15H2,1H3,(H,23,27). The molecule has 4 rings (SSSR count). The Labute approximate surface area is 181 Å². The third-order valence-electron chi connectivity index (χ3n) is 5.59. The van der Waals surface area contributed by atoms with Crippen molar-refractivity contribution in [3.05, 3.63) is 48.8 Å². The Balaban J connectivity index is 1.43. The van der Waals surface area contributed by atoms with E-state index >= 15 is 0 Å². The fourth-order valence-electron chi connectivity index (χ4n) is 4.01. The molecule has 0 spiro atoms. The van der Waals surface area contributed by atoms with Crippen LogP contribution in [0.2, 0.25) is 0 Å². The highest BCUT2D eigenvalue weighted by atomic mass is 32.2. The van der Waals surface area contributed by atoms with Gasteiger partial charge in [0.1, 0.15) is 4.90 Å². The van der Waals surface area contributed by atoms with Gasteiger partial charge in [-0.15, -0.1) is 0 Å². The number of carbonyl (C=O) groups is 2. The molecule has 0 aliphatic carbocycles. The number of nitrogens with one attached hydrogen (secondary N) is 1. The zero-order valence-electron chi connectivity index (χ0n) is 17.3. The van der Waals surface area contributed by atoms with E-state index in [1.165, 1.54) is 22.8 Å². The molecule has 1 aromatic carbocycles. The van der Waals surface area contributed by atoms with Crippen LogP contribution in [0, 0.1) is 0 Å². The van der Waals surface area contributed by atoms with E-state index in [-0.39, 0.29) is 35.7 Å². The Morgan fingerprint density at radius 3 is 2.58 bits per heavy atom. The molecule has 3 heterocycles. The van der Waals surface area contributed by atoms with Crippen LogP contribution in [0.4, 0.5) is 11.4 Å². The number of rotatable bonds is 4. The van der Waals surface area contributed by atoms with Crippen molar-refractivity contribution in [3.63, 3.8) is 0 Å². The zero-order chi connectivity index (χ0) is 22.0. The number of hydrogen-bond acceptors (Lipinski definition) is 6. The van der Waals surface area contributed by atoms with Gasteiger partial charge < -0.3 is 10.2 Å². The molecule has 9 nitrogen and oxygen atoms in total. The second kappa shape index (κ2) is 8.74. The molecule has 1 saturated heterocycles. The van der Waals surface area contributed by atoms with Crippen LogP contribution in [-0.4, -0.2) is 73.2 Å². The van der Waals surface area contributed by atoms with Crippen LogP contribution in [0.3, 0.4) is 0 Å². The highest BCUT2D eigenvalue weighted by Crippen LogP contribution is 2.31. The summed E-state index contributed by atoms with van der Waals surface area (Å²) in [6.45, 7) is 3.53. The summed E-state index contributed by atoms with van der Waals surface area (Å²) in [7, 11) is -3.59. The highest BCUT2D eigenvalue weighted by molar-refractivity contribution is 7.89. The normalized spacial score (nSPS) is 20.6. The van der Waals surface area contributed by atoms with E-state index in [0.717, 1.165) is 0 Å². The molecule has 10 heteroatoms. The molecule has 0 saturated carbocycles. The Hall–Kier alpha value is -2.82. The minimum absolute atomic E-state index is 0.111. The molecule has 2 amide bonds. The summed E-state index contributed by atoms with van der Waals surface area (Å²) in [5, 5.41) is 2.85. The summed E-state index contributed by atoms with van der Waals surface area (Å²) in [4.78, 5) is 33.0. The largest absolute Gasteiger partial charge is 0.324 e. The molecule has 2 aromatic rings. The van der Waals surface area contributed by atoms with Crippen molar-refractivity contribution in [2.24, 2.45) is 0 Å². The summed E-state index contributed by atoms with van der Waals surface area (Å²) in [6, 6.07) is 10.1. The predicted molar refractivity (Wildman–Crippen MR) is 116 cm³/mol. The minimum atomic E-state index is -3.59. The average Bonchev–Trinajstić information content (AvgIpc) is 2.88. The number of para-hydroxylation sites is 2. The van der Waals surface area contributed by atoms with E-state index < -0.39 is 10.0 Å². The van der Waals surface area contributed by atoms with Gasteiger partial charge in [0.15, 0.2) is 0 Å². The van der Waals surface area contributed by atoms with Gasteiger partial charge in [-0.1, -0.05) is 12.1 Å². The first-order chi connectivity index (χ1) is 14.9. The molecule has 0 radical (unpaired) electrons. The fraction of sp³-hybridized carbons (Fsp3) is 0.381. The monoisotopic (exact) mass is 443 g/mol. The van der Waals surface area contributed by atoms with Gasteiger partial charge in [0.05, 0.1) is 17.9 Å². The van der Waals surface area contributed by atoms with E-state index in [4.69, 9.17) is 0 Å². The lowest BCUT2D eigenvalue weighted by Crippen LogP contribution is -2.52. The number of pyridine rings is 1. The van der Waals surface area contributed by atoms with Crippen LogP contribution in [0.25, 0.3) is 0 Å². The van der Waals surface area contributed by atoms with Gasteiger partial charge in [-0.2, -0.15) is 4.31 Å². The molecule has 0 bridgehead atoms. The Morgan fingerprint density at radius 1 is 1.13 bits per heavy atom. The van der Waals surface area contributed by atoms with Gasteiger partial charge in [-0.3, -0.25) is 19.5 Å². The molecule has 2 aliphatic heterocycles. The number of benzene rings is 1. The maximum Gasteiger partial charge on any atom is 0.244 e. The van der Waals surface area contributed by atoms with E-state index in [2.05, 4.69) is 10.3 Å². The fourth-order valence-corrected chi connectivity index (χ4v) is 5.40. The molecule has 164 valence electrons. The van der Waals surface area contributed by atoms with Gasteiger partial charge >= 0.3 is 0 Å². The quantitative estimate of drug-likeness (QED) is 0.761. The van der Waals surface area contributed by atoms with Crippen LogP contribution in [-0.2, 0) is 19.6 Å². The Kier molecular flexibility index (Phi) is 6.03. The topological polar surface area (TPSA) is 103 Å². The van der Waals surface area contributed by atoms with Crippen molar-refractivity contribution in [2.45, 2.75) is 24.3 Å². The van der Waals surface area contributed by atoms with Crippen molar-refractivity contribution in [1.29, 1.82) is 0 Å². The second-order valence-corrected chi connectivity index (χ2v) is 9.69. The number of fused-ring (bicyclic) bond motifs is 1. The number of amides is 2. The first-order valence-corrected chi connectivity index (χ1v) is 11.6. The predicted octanol–water partition coefficient (Wildman–Crippen LogP) is 1.15. The van der Waals surface area contributed by atoms with Gasteiger partial charge in [-0.05, 0) is 31.2 Å². The van der Waals surface area contributed by atoms with Crippen molar-refractivity contribution in [3.8, 4) is 0 Å². The molecule has 1 atom stereocenters. The third-order valence-corrected chi connectivity index (χ3v) is 7.47. The van der Waals surface area contributed by atoms with E-state index in [9.17, 15) is 18.0 Å². The highest BCUT2D eigenvalue weighted by Gasteiger charge is 2.33. The molecular formula is C21H25N5O4S. The van der Waals surface area contributed by atoms with E-state index in [1.54, 1.807) is 17.0 Å². The van der Waals surface area contributed by atoms with Crippen molar-refractivity contribution in [2.75, 3.05) is 42.9 Å². The molecule has 1 unspecified atom stereocenters. The first-order valence-electron chi connectivity index (χ1n) is 10.2. The van der Waals surface area contributed by atoms with Crippen molar-refractivity contribution < 1.29 is 18.0 Å². The van der Waals surface area contributed by atoms with E-state index in [0.29, 0.717) is 37.6 Å². The summed E-state index contributed by atoms with van der Waals surface area (Å²) in [6.07, 6.45) is 3.10. The van der Waals surface area contributed by atoms with Crippen molar-refractivity contribution in [1.82, 2.24) is 14.2 Å². The molecule has 1 fully saturated rings. The molecular weight excluding hydrogens is 418 g/mol. The van der Waals surface area contributed by atoms with Crippen LogP contribution in [0.1, 0.15) is 13.3 Å². The van der Waals surface area contributed by atoms with Crippen molar-refractivity contribution >= 4 is 33.2 Å². The maximum atomic E-state index is 13.2.